The highest BCUT2D eigenvalue weighted by molar-refractivity contribution is 7.91. The summed E-state index contributed by atoms with van der Waals surface area (Å²) in [7, 11) is -3.23. The smallest absolute Gasteiger partial charge is 0.232 e. The second kappa shape index (κ2) is 10.0. The summed E-state index contributed by atoms with van der Waals surface area (Å²) < 4.78 is 30.4. The highest BCUT2D eigenvalue weighted by Gasteiger charge is 2.44. The molecule has 9 heteroatoms. The first kappa shape index (κ1) is 24.5. The fourth-order valence-corrected chi connectivity index (χ4v) is 6.56. The number of ketones is 1. The molecule has 0 radical (unpaired) electrons. The van der Waals surface area contributed by atoms with Gasteiger partial charge in [-0.05, 0) is 44.2 Å². The van der Waals surface area contributed by atoms with Crippen LogP contribution in [0.15, 0.2) is 48.9 Å². The second-order valence-electron chi connectivity index (χ2n) is 9.63. The number of ether oxygens (including phenoxy) is 1. The lowest BCUT2D eigenvalue weighted by molar-refractivity contribution is -0.124. The average molecular weight is 507 g/mol. The Labute approximate surface area is 211 Å². The van der Waals surface area contributed by atoms with E-state index in [9.17, 15) is 13.2 Å². The topological polar surface area (TPSA) is 112 Å². The number of aromatic nitrogens is 4. The number of benzene rings is 1. The molecule has 0 spiro atoms. The van der Waals surface area contributed by atoms with Gasteiger partial charge in [0, 0.05) is 18.2 Å². The Morgan fingerprint density at radius 2 is 1.81 bits per heavy atom. The monoisotopic (exact) mass is 506 g/mol. The minimum absolute atomic E-state index is 0.112. The van der Waals surface area contributed by atoms with Crippen molar-refractivity contribution in [2.45, 2.75) is 68.3 Å². The van der Waals surface area contributed by atoms with Crippen LogP contribution in [0.1, 0.15) is 62.5 Å². The molecule has 8 nitrogen and oxygen atoms in total. The molecule has 188 valence electrons. The highest BCUT2D eigenvalue weighted by atomic mass is 32.2. The van der Waals surface area contributed by atoms with Crippen LogP contribution in [-0.4, -0.2) is 46.0 Å². The molecule has 5 rings (SSSR count). The maximum Gasteiger partial charge on any atom is 0.232 e. The number of rotatable bonds is 10. The van der Waals surface area contributed by atoms with Gasteiger partial charge in [0.1, 0.15) is 17.4 Å². The van der Waals surface area contributed by atoms with Crippen molar-refractivity contribution in [1.82, 2.24) is 19.9 Å². The van der Waals surface area contributed by atoms with Crippen LogP contribution in [-0.2, 0) is 32.2 Å². The van der Waals surface area contributed by atoms with Gasteiger partial charge in [0.15, 0.2) is 9.84 Å². The van der Waals surface area contributed by atoms with E-state index < -0.39 is 15.3 Å². The van der Waals surface area contributed by atoms with E-state index in [4.69, 9.17) is 4.74 Å². The van der Waals surface area contributed by atoms with E-state index >= 15 is 0 Å². The molecule has 2 aromatic heterocycles. The number of hydrogen-bond donors (Lipinski definition) is 0. The van der Waals surface area contributed by atoms with Gasteiger partial charge in [0.25, 0.3) is 0 Å². The van der Waals surface area contributed by atoms with Gasteiger partial charge < -0.3 is 4.74 Å². The maximum atomic E-state index is 13.7. The van der Waals surface area contributed by atoms with Crippen LogP contribution in [0.4, 0.5) is 0 Å². The maximum absolute atomic E-state index is 13.7. The predicted molar refractivity (Wildman–Crippen MR) is 135 cm³/mol. The van der Waals surface area contributed by atoms with Gasteiger partial charge in [-0.25, -0.2) is 23.4 Å². The van der Waals surface area contributed by atoms with Crippen molar-refractivity contribution in [3.05, 3.63) is 66.0 Å². The lowest BCUT2D eigenvalue weighted by Crippen LogP contribution is -2.35. The largest absolute Gasteiger partial charge is 0.477 e. The van der Waals surface area contributed by atoms with Crippen LogP contribution in [0.2, 0.25) is 0 Å². The number of carbonyl (C=O) groups excluding carboxylic acids is 1. The molecule has 3 aromatic rings. The molecule has 2 saturated carbocycles. The Morgan fingerprint density at radius 3 is 2.50 bits per heavy atom. The zero-order chi connectivity index (χ0) is 25.2. The van der Waals surface area contributed by atoms with E-state index in [1.807, 2.05) is 31.2 Å². The van der Waals surface area contributed by atoms with E-state index in [1.165, 1.54) is 0 Å². The number of Topliss-reactive ketones (excluding diaryl/α,β-unsaturated/α-hetero) is 1. The van der Waals surface area contributed by atoms with E-state index in [0.29, 0.717) is 42.5 Å². The summed E-state index contributed by atoms with van der Waals surface area (Å²) in [5.41, 5.74) is 2.47. The van der Waals surface area contributed by atoms with Crippen molar-refractivity contribution in [3.8, 4) is 17.1 Å². The normalized spacial score (nSPS) is 17.1. The van der Waals surface area contributed by atoms with Gasteiger partial charge in [0.2, 0.25) is 5.88 Å². The lowest BCUT2D eigenvalue weighted by Gasteiger charge is -2.27. The molecular weight excluding hydrogens is 476 g/mol. The Morgan fingerprint density at radius 1 is 1.06 bits per heavy atom. The molecule has 0 amide bonds. The SMILES string of the molecule is CCOc1cncc(-c2ccc(CC(=O)C3(c4ccnc(CS(=O)(=O)C5CC5)n4)CCCC3)cc2)n1. The van der Waals surface area contributed by atoms with Crippen molar-refractivity contribution >= 4 is 15.6 Å². The summed E-state index contributed by atoms with van der Waals surface area (Å²) in [6.07, 6.45) is 9.91. The summed E-state index contributed by atoms with van der Waals surface area (Å²) >= 11 is 0. The van der Waals surface area contributed by atoms with E-state index in [-0.39, 0.29) is 23.2 Å². The molecule has 0 unspecified atom stereocenters. The summed E-state index contributed by atoms with van der Waals surface area (Å²) in [6, 6.07) is 9.55. The molecule has 2 aliphatic rings. The molecule has 0 saturated heterocycles. The molecule has 2 heterocycles. The van der Waals surface area contributed by atoms with E-state index in [2.05, 4.69) is 19.9 Å². The summed E-state index contributed by atoms with van der Waals surface area (Å²) in [4.78, 5) is 31.2. The van der Waals surface area contributed by atoms with Crippen molar-refractivity contribution in [2.75, 3.05) is 6.61 Å². The quantitative estimate of drug-likeness (QED) is 0.405. The minimum atomic E-state index is -3.23. The first-order valence-electron chi connectivity index (χ1n) is 12.5. The van der Waals surface area contributed by atoms with Crippen LogP contribution in [0.25, 0.3) is 11.3 Å². The molecule has 2 aliphatic carbocycles. The molecule has 0 aliphatic heterocycles. The first-order valence-corrected chi connectivity index (χ1v) is 14.2. The lowest BCUT2D eigenvalue weighted by atomic mass is 9.76. The third-order valence-electron chi connectivity index (χ3n) is 7.07. The predicted octanol–water partition coefficient (Wildman–Crippen LogP) is 4.03. The van der Waals surface area contributed by atoms with E-state index in [0.717, 1.165) is 36.8 Å². The second-order valence-corrected chi connectivity index (χ2v) is 11.9. The Hall–Kier alpha value is -3.20. The van der Waals surface area contributed by atoms with Crippen molar-refractivity contribution in [1.29, 1.82) is 0 Å². The van der Waals surface area contributed by atoms with Gasteiger partial charge in [-0.3, -0.25) is 9.78 Å². The Bertz CT molecular complexity index is 1350. The fraction of sp³-hybridized carbons (Fsp3) is 0.444. The molecule has 0 N–H and O–H groups in total. The van der Waals surface area contributed by atoms with Crippen molar-refractivity contribution in [3.63, 3.8) is 0 Å². The van der Waals surface area contributed by atoms with Crippen LogP contribution in [0.5, 0.6) is 5.88 Å². The van der Waals surface area contributed by atoms with Gasteiger partial charge in [-0.15, -0.1) is 0 Å². The van der Waals surface area contributed by atoms with Gasteiger partial charge in [-0.2, -0.15) is 0 Å². The van der Waals surface area contributed by atoms with Crippen LogP contribution in [0, 0.1) is 0 Å². The Balaban J connectivity index is 1.34. The minimum Gasteiger partial charge on any atom is -0.477 e. The highest BCUT2D eigenvalue weighted by Crippen LogP contribution is 2.42. The number of sulfone groups is 1. The number of carbonyl (C=O) groups is 1. The van der Waals surface area contributed by atoms with Crippen molar-refractivity contribution < 1.29 is 17.9 Å². The average Bonchev–Trinajstić information content (AvgIpc) is 3.63. The molecule has 36 heavy (non-hydrogen) atoms. The third-order valence-corrected chi connectivity index (χ3v) is 9.22. The number of hydrogen-bond acceptors (Lipinski definition) is 8. The van der Waals surface area contributed by atoms with Gasteiger partial charge >= 0.3 is 0 Å². The standard InChI is InChI=1S/C27H30N4O4S/c1-2-35-26-17-28-16-22(30-26)20-7-5-19(6-8-20)15-24(32)27(12-3-4-13-27)23-11-14-29-25(31-23)18-36(33,34)21-9-10-21/h5-8,11,14,16-17,21H,2-4,9-10,12-13,15,18H2,1H3. The fourth-order valence-electron chi connectivity index (χ4n) is 4.97. The zero-order valence-electron chi connectivity index (χ0n) is 20.4. The molecular formula is C27H30N4O4S. The Kier molecular flexibility index (Phi) is 6.83. The van der Waals surface area contributed by atoms with Crippen LogP contribution < -0.4 is 4.74 Å². The summed E-state index contributed by atoms with van der Waals surface area (Å²) in [5.74, 6) is 0.718. The summed E-state index contributed by atoms with van der Waals surface area (Å²) in [5, 5.41) is -0.262. The van der Waals surface area contributed by atoms with Crippen LogP contribution in [0.3, 0.4) is 0 Å². The third kappa shape index (κ3) is 5.16. The number of nitrogens with zero attached hydrogens (tertiary/aromatic N) is 4. The zero-order valence-corrected chi connectivity index (χ0v) is 21.2. The first-order chi connectivity index (χ1) is 17.4. The van der Waals surface area contributed by atoms with Crippen molar-refractivity contribution in [2.24, 2.45) is 0 Å². The molecule has 1 aromatic carbocycles. The van der Waals surface area contributed by atoms with Crippen LogP contribution >= 0.6 is 0 Å². The molecule has 0 bridgehead atoms. The van der Waals surface area contributed by atoms with Gasteiger partial charge in [0.05, 0.1) is 41.1 Å². The van der Waals surface area contributed by atoms with Gasteiger partial charge in [-0.1, -0.05) is 37.1 Å². The molecule has 2 fully saturated rings. The molecule has 0 atom stereocenters. The summed E-state index contributed by atoms with van der Waals surface area (Å²) in [6.45, 7) is 2.42. The van der Waals surface area contributed by atoms with E-state index in [1.54, 1.807) is 24.7 Å².